The van der Waals surface area contributed by atoms with Crippen LogP contribution in [-0.2, 0) is 20.9 Å². The molecule has 0 aliphatic carbocycles. The van der Waals surface area contributed by atoms with E-state index in [1.807, 2.05) is 0 Å². The molecule has 1 aromatic carbocycles. The highest BCUT2D eigenvalue weighted by molar-refractivity contribution is 5.92. The molecule has 0 saturated carbocycles. The summed E-state index contributed by atoms with van der Waals surface area (Å²) in [5.41, 5.74) is 1.16. The summed E-state index contributed by atoms with van der Waals surface area (Å²) >= 11 is 0. The molecular weight excluding hydrogens is 336 g/mol. The summed E-state index contributed by atoms with van der Waals surface area (Å²) in [5.74, 6) is -0.313. The number of nitrogens with one attached hydrogen (secondary N) is 1. The first kappa shape index (κ1) is 19.5. The predicted molar refractivity (Wildman–Crippen MR) is 95.7 cm³/mol. The van der Waals surface area contributed by atoms with E-state index < -0.39 is 5.97 Å². The Kier molecular flexibility index (Phi) is 6.77. The number of amides is 2. The van der Waals surface area contributed by atoms with E-state index in [2.05, 4.69) is 11.9 Å². The first-order chi connectivity index (χ1) is 12.5. The van der Waals surface area contributed by atoms with Crippen molar-refractivity contribution in [1.29, 1.82) is 0 Å². The number of ether oxygens (including phenoxy) is 2. The third-order valence-electron chi connectivity index (χ3n) is 4.49. The highest BCUT2D eigenvalue weighted by Gasteiger charge is 2.26. The van der Waals surface area contributed by atoms with Gasteiger partial charge in [-0.1, -0.05) is 12.6 Å². The van der Waals surface area contributed by atoms with Gasteiger partial charge in [0, 0.05) is 25.6 Å². The first-order valence-corrected chi connectivity index (χ1v) is 8.44. The Hall–Kier alpha value is -2.83. The van der Waals surface area contributed by atoms with Gasteiger partial charge in [-0.05, 0) is 36.6 Å². The van der Waals surface area contributed by atoms with E-state index in [-0.39, 0.29) is 17.7 Å². The maximum atomic E-state index is 12.4. The molecule has 0 radical (unpaired) electrons. The van der Waals surface area contributed by atoms with Gasteiger partial charge in [-0.15, -0.1) is 0 Å². The van der Waals surface area contributed by atoms with Crippen LogP contribution in [0.25, 0.3) is 0 Å². The lowest BCUT2D eigenvalue weighted by Crippen LogP contribution is -2.42. The summed E-state index contributed by atoms with van der Waals surface area (Å²) in [6, 6.07) is 5.07. The maximum Gasteiger partial charge on any atom is 0.341 e. The number of piperidine rings is 1. The van der Waals surface area contributed by atoms with E-state index in [4.69, 9.17) is 9.47 Å². The van der Waals surface area contributed by atoms with Crippen LogP contribution in [0.3, 0.4) is 0 Å². The summed E-state index contributed by atoms with van der Waals surface area (Å²) in [6.45, 7) is 4.94. The highest BCUT2D eigenvalue weighted by Crippen LogP contribution is 2.22. The molecule has 7 nitrogen and oxygen atoms in total. The molecule has 7 heteroatoms. The van der Waals surface area contributed by atoms with Crippen LogP contribution in [0.5, 0.6) is 5.75 Å². The van der Waals surface area contributed by atoms with Crippen LogP contribution in [0.4, 0.5) is 0 Å². The number of hydrogen-bond donors (Lipinski definition) is 1. The zero-order chi connectivity index (χ0) is 19.1. The van der Waals surface area contributed by atoms with Gasteiger partial charge in [0.15, 0.2) is 0 Å². The standard InChI is InChI=1S/C19H24N2O5/c1-4-17(22)21-9-7-14(8-10-21)18(23)20-12-13-5-6-15(19(24)26-3)16(11-13)25-2/h4-6,11,14H,1,7-10,12H2,2-3H3,(H,20,23). The summed E-state index contributed by atoms with van der Waals surface area (Å²) in [7, 11) is 2.78. The Morgan fingerprint density at radius 3 is 2.54 bits per heavy atom. The van der Waals surface area contributed by atoms with Crippen molar-refractivity contribution >= 4 is 17.8 Å². The second kappa shape index (κ2) is 9.03. The molecule has 1 aliphatic rings. The first-order valence-electron chi connectivity index (χ1n) is 8.44. The van der Waals surface area contributed by atoms with Crippen molar-refractivity contribution in [1.82, 2.24) is 10.2 Å². The Labute approximate surface area is 153 Å². The van der Waals surface area contributed by atoms with E-state index in [0.29, 0.717) is 43.8 Å². The van der Waals surface area contributed by atoms with Gasteiger partial charge < -0.3 is 19.7 Å². The Morgan fingerprint density at radius 2 is 1.96 bits per heavy atom. The van der Waals surface area contributed by atoms with E-state index in [1.165, 1.54) is 20.3 Å². The zero-order valence-electron chi connectivity index (χ0n) is 15.1. The monoisotopic (exact) mass is 360 g/mol. The fourth-order valence-electron chi connectivity index (χ4n) is 2.95. The van der Waals surface area contributed by atoms with E-state index in [1.54, 1.807) is 23.1 Å². The normalized spacial score (nSPS) is 14.5. The van der Waals surface area contributed by atoms with Crippen molar-refractivity contribution in [3.05, 3.63) is 42.0 Å². The number of benzene rings is 1. The Bertz CT molecular complexity index is 693. The molecule has 140 valence electrons. The van der Waals surface area contributed by atoms with Crippen molar-refractivity contribution in [2.45, 2.75) is 19.4 Å². The number of methoxy groups -OCH3 is 2. The van der Waals surface area contributed by atoms with E-state index in [9.17, 15) is 14.4 Å². The molecule has 26 heavy (non-hydrogen) atoms. The molecule has 1 saturated heterocycles. The SMILES string of the molecule is C=CC(=O)N1CCC(C(=O)NCc2ccc(C(=O)OC)c(OC)c2)CC1. The topological polar surface area (TPSA) is 84.9 Å². The predicted octanol–water partition coefficient (Wildman–Crippen LogP) is 1.52. The van der Waals surface area contributed by atoms with Crippen molar-refractivity contribution in [3.8, 4) is 5.75 Å². The number of esters is 1. The van der Waals surface area contributed by atoms with Crippen molar-refractivity contribution in [3.63, 3.8) is 0 Å². The molecule has 2 rings (SSSR count). The highest BCUT2D eigenvalue weighted by atomic mass is 16.5. The average molecular weight is 360 g/mol. The zero-order valence-corrected chi connectivity index (χ0v) is 15.1. The van der Waals surface area contributed by atoms with Gasteiger partial charge in [0.2, 0.25) is 11.8 Å². The Balaban J connectivity index is 1.90. The van der Waals surface area contributed by atoms with Crippen LogP contribution in [0.1, 0.15) is 28.8 Å². The van der Waals surface area contributed by atoms with Gasteiger partial charge in [0.25, 0.3) is 0 Å². The van der Waals surface area contributed by atoms with Crippen molar-refractivity contribution in [2.75, 3.05) is 27.3 Å². The van der Waals surface area contributed by atoms with Crippen molar-refractivity contribution < 1.29 is 23.9 Å². The van der Waals surface area contributed by atoms with Crippen LogP contribution in [0, 0.1) is 5.92 Å². The molecule has 1 N–H and O–H groups in total. The largest absolute Gasteiger partial charge is 0.496 e. The van der Waals surface area contributed by atoms with Gasteiger partial charge in [-0.2, -0.15) is 0 Å². The minimum Gasteiger partial charge on any atom is -0.496 e. The summed E-state index contributed by atoms with van der Waals surface area (Å²) < 4.78 is 9.92. The molecule has 2 amide bonds. The summed E-state index contributed by atoms with van der Waals surface area (Å²) in [5, 5.41) is 2.91. The smallest absolute Gasteiger partial charge is 0.341 e. The molecule has 1 heterocycles. The van der Waals surface area contributed by atoms with E-state index in [0.717, 1.165) is 5.56 Å². The number of likely N-dealkylation sites (tertiary alicyclic amines) is 1. The third kappa shape index (κ3) is 4.62. The maximum absolute atomic E-state index is 12.4. The summed E-state index contributed by atoms with van der Waals surface area (Å²) in [6.07, 6.45) is 2.57. The Morgan fingerprint density at radius 1 is 1.27 bits per heavy atom. The second-order valence-electron chi connectivity index (χ2n) is 6.05. The van der Waals surface area contributed by atoms with E-state index >= 15 is 0 Å². The molecule has 0 spiro atoms. The van der Waals surface area contributed by atoms with Gasteiger partial charge in [-0.25, -0.2) is 4.79 Å². The van der Waals surface area contributed by atoms with Crippen LogP contribution < -0.4 is 10.1 Å². The van der Waals surface area contributed by atoms with Gasteiger partial charge >= 0.3 is 5.97 Å². The number of carbonyl (C=O) groups excluding carboxylic acids is 3. The average Bonchev–Trinajstić information content (AvgIpc) is 2.70. The molecule has 1 fully saturated rings. The number of nitrogens with zero attached hydrogens (tertiary/aromatic N) is 1. The number of rotatable bonds is 6. The lowest BCUT2D eigenvalue weighted by Gasteiger charge is -2.30. The third-order valence-corrected chi connectivity index (χ3v) is 4.49. The van der Waals surface area contributed by atoms with Crippen molar-refractivity contribution in [2.24, 2.45) is 5.92 Å². The lowest BCUT2D eigenvalue weighted by atomic mass is 9.95. The van der Waals surface area contributed by atoms with Gasteiger partial charge in [0.05, 0.1) is 14.2 Å². The van der Waals surface area contributed by atoms with Crippen LogP contribution in [-0.4, -0.2) is 50.0 Å². The molecule has 0 bridgehead atoms. The van der Waals surface area contributed by atoms with Gasteiger partial charge in [0.1, 0.15) is 11.3 Å². The minimum atomic E-state index is -0.474. The molecule has 0 unspecified atom stereocenters. The quantitative estimate of drug-likeness (QED) is 0.614. The fraction of sp³-hybridized carbons (Fsp3) is 0.421. The van der Waals surface area contributed by atoms with Gasteiger partial charge in [-0.3, -0.25) is 9.59 Å². The molecule has 1 aromatic rings. The second-order valence-corrected chi connectivity index (χ2v) is 6.05. The summed E-state index contributed by atoms with van der Waals surface area (Å²) in [4.78, 5) is 37.3. The van der Waals surface area contributed by atoms with Crippen LogP contribution in [0.2, 0.25) is 0 Å². The minimum absolute atomic E-state index is 0.0355. The van der Waals surface area contributed by atoms with Crippen LogP contribution >= 0.6 is 0 Å². The fourth-order valence-corrected chi connectivity index (χ4v) is 2.95. The molecule has 1 aliphatic heterocycles. The number of hydrogen-bond acceptors (Lipinski definition) is 5. The molecular formula is C19H24N2O5. The lowest BCUT2D eigenvalue weighted by molar-refractivity contribution is -0.132. The number of carbonyl (C=O) groups is 3. The van der Waals surface area contributed by atoms with Crippen LogP contribution in [0.15, 0.2) is 30.9 Å². The molecule has 0 aromatic heterocycles. The molecule has 0 atom stereocenters.